The first kappa shape index (κ1) is 8.68. The molecule has 0 saturated heterocycles. The highest BCUT2D eigenvalue weighted by Crippen LogP contribution is 2.25. The number of hydrogen-bond acceptors (Lipinski definition) is 1. The fourth-order valence-corrected chi connectivity index (χ4v) is 0.185. The Hall–Kier alpha value is -0.320. The van der Waals surface area contributed by atoms with Crippen molar-refractivity contribution in [2.45, 2.75) is 19.5 Å². The minimum Gasteiger partial charge on any atom is -0.248 e. The summed E-state index contributed by atoms with van der Waals surface area (Å²) in [6, 6.07) is 0. The van der Waals surface area contributed by atoms with Crippen LogP contribution in [0.5, 0.6) is 0 Å². The zero-order valence-electron chi connectivity index (χ0n) is 4.63. The summed E-state index contributed by atoms with van der Waals surface area (Å²) in [7, 11) is 0. The van der Waals surface area contributed by atoms with Crippen LogP contribution in [0.2, 0.25) is 0 Å². The second-order valence-corrected chi connectivity index (χ2v) is 1.32. The summed E-state index contributed by atoms with van der Waals surface area (Å²) in [5.41, 5.74) is 0. The van der Waals surface area contributed by atoms with Crippen molar-refractivity contribution in [2.75, 3.05) is 0 Å². The Bertz CT molecular complexity index is 82.6. The van der Waals surface area contributed by atoms with Gasteiger partial charge < -0.3 is 0 Å². The number of halogens is 4. The molecule has 55 valence electrons. The fourth-order valence-electron chi connectivity index (χ4n) is 0.185. The zero-order valence-corrected chi connectivity index (χ0v) is 4.63. The smallest absolute Gasteiger partial charge is 0.248 e. The van der Waals surface area contributed by atoms with Crippen LogP contribution >= 0.6 is 0 Å². The van der Waals surface area contributed by atoms with E-state index < -0.39 is 19.1 Å². The molecule has 0 aromatic rings. The molecule has 0 N–H and O–H groups in total. The highest BCUT2D eigenvalue weighted by molar-refractivity contribution is 4.51. The van der Waals surface area contributed by atoms with E-state index in [0.29, 0.717) is 0 Å². The molecule has 0 saturated carbocycles. The van der Waals surface area contributed by atoms with Crippen LogP contribution in [0.25, 0.3) is 0 Å². The lowest BCUT2D eigenvalue weighted by Crippen LogP contribution is -2.19. The number of hydrogen-bond donors (Lipinski definition) is 0. The van der Waals surface area contributed by atoms with Gasteiger partial charge >= 0.3 is 12.7 Å². The van der Waals surface area contributed by atoms with Gasteiger partial charge in [-0.3, -0.25) is 0 Å². The van der Waals surface area contributed by atoms with Crippen LogP contribution in [-0.2, 0) is 4.74 Å². The molecule has 0 fully saturated rings. The molecule has 1 radical (unpaired) electrons. The van der Waals surface area contributed by atoms with E-state index in [0.717, 1.165) is 6.92 Å². The average molecular weight is 145 g/mol. The van der Waals surface area contributed by atoms with Gasteiger partial charge in [-0.1, -0.05) is 6.92 Å². The summed E-state index contributed by atoms with van der Waals surface area (Å²) in [4.78, 5) is 0. The van der Waals surface area contributed by atoms with Gasteiger partial charge in [0.1, 0.15) is 0 Å². The molecular formula is C4H5F4O. The van der Waals surface area contributed by atoms with Crippen molar-refractivity contribution in [1.29, 1.82) is 0 Å². The summed E-state index contributed by atoms with van der Waals surface area (Å²) in [6.45, 7) is -1.66. The number of ether oxygens (including phenoxy) is 1. The van der Waals surface area contributed by atoms with E-state index in [2.05, 4.69) is 4.74 Å². The van der Waals surface area contributed by atoms with Crippen LogP contribution in [0.3, 0.4) is 0 Å². The first-order chi connectivity index (χ1) is 3.98. The second kappa shape index (κ2) is 3.00. The Morgan fingerprint density at radius 2 is 1.89 bits per heavy atom. The van der Waals surface area contributed by atoms with E-state index in [-0.39, 0.29) is 0 Å². The maximum absolute atomic E-state index is 11.7. The van der Waals surface area contributed by atoms with Crippen molar-refractivity contribution in [3.63, 3.8) is 0 Å². The normalized spacial score (nSPS) is 12.7. The molecule has 0 rings (SSSR count). The van der Waals surface area contributed by atoms with E-state index in [4.69, 9.17) is 0 Å². The summed E-state index contributed by atoms with van der Waals surface area (Å²) in [5, 5.41) is 0. The third-order valence-electron chi connectivity index (χ3n) is 0.638. The minimum absolute atomic E-state index is 0.760. The molecule has 0 bridgehead atoms. The van der Waals surface area contributed by atoms with Crippen molar-refractivity contribution in [3.05, 3.63) is 6.61 Å². The minimum atomic E-state index is -3.72. The van der Waals surface area contributed by atoms with Gasteiger partial charge in [-0.15, -0.1) is 0 Å². The Morgan fingerprint density at radius 1 is 1.44 bits per heavy atom. The van der Waals surface area contributed by atoms with Crippen molar-refractivity contribution >= 4 is 0 Å². The molecule has 9 heavy (non-hydrogen) atoms. The van der Waals surface area contributed by atoms with Gasteiger partial charge in [0.2, 0.25) is 0 Å². The van der Waals surface area contributed by atoms with Gasteiger partial charge in [0.25, 0.3) is 0 Å². The standard InChI is InChI=1S/C4H5F4O/c1-2-4(7,8)9-3(5)6/h2H2,1H3. The Labute approximate surface area is 49.6 Å². The lowest BCUT2D eigenvalue weighted by Gasteiger charge is -2.11. The third-order valence-corrected chi connectivity index (χ3v) is 0.638. The van der Waals surface area contributed by atoms with Crippen LogP contribution in [-0.4, -0.2) is 6.11 Å². The van der Waals surface area contributed by atoms with Gasteiger partial charge in [-0.05, 0) is 0 Å². The average Bonchev–Trinajstić information content (AvgIpc) is 1.63. The van der Waals surface area contributed by atoms with Crippen molar-refractivity contribution in [3.8, 4) is 0 Å². The summed E-state index contributed by atoms with van der Waals surface area (Å²) >= 11 is 0. The zero-order chi connectivity index (χ0) is 7.49. The van der Waals surface area contributed by atoms with Crippen LogP contribution in [0.4, 0.5) is 17.6 Å². The molecule has 0 amide bonds. The molecule has 0 atom stereocenters. The highest BCUT2D eigenvalue weighted by Gasteiger charge is 2.32. The van der Waals surface area contributed by atoms with E-state index in [1.165, 1.54) is 0 Å². The Kier molecular flexibility index (Phi) is 2.90. The molecule has 0 heterocycles. The lowest BCUT2D eigenvalue weighted by molar-refractivity contribution is -0.271. The predicted molar refractivity (Wildman–Crippen MR) is 21.8 cm³/mol. The van der Waals surface area contributed by atoms with Crippen LogP contribution < -0.4 is 0 Å². The van der Waals surface area contributed by atoms with E-state index in [1.54, 1.807) is 0 Å². The quantitative estimate of drug-likeness (QED) is 0.554. The monoisotopic (exact) mass is 145 g/mol. The lowest BCUT2D eigenvalue weighted by atomic mass is 10.5. The summed E-state index contributed by atoms with van der Waals surface area (Å²) in [6.07, 6.45) is -4.48. The van der Waals surface area contributed by atoms with E-state index >= 15 is 0 Å². The summed E-state index contributed by atoms with van der Waals surface area (Å²) in [5.74, 6) is 0. The van der Waals surface area contributed by atoms with Gasteiger partial charge in [0.15, 0.2) is 0 Å². The van der Waals surface area contributed by atoms with E-state index in [9.17, 15) is 17.6 Å². The number of rotatable bonds is 3. The molecule has 0 aliphatic carbocycles. The van der Waals surface area contributed by atoms with Crippen LogP contribution in [0.15, 0.2) is 0 Å². The Balaban J connectivity index is 3.58. The van der Waals surface area contributed by atoms with Gasteiger partial charge in [-0.2, -0.15) is 17.6 Å². The summed E-state index contributed by atoms with van der Waals surface area (Å²) < 4.78 is 48.1. The molecule has 1 nitrogen and oxygen atoms in total. The molecule has 0 aromatic heterocycles. The molecule has 0 aromatic carbocycles. The van der Waals surface area contributed by atoms with Crippen molar-refractivity contribution in [1.82, 2.24) is 0 Å². The van der Waals surface area contributed by atoms with Gasteiger partial charge in [0.05, 0.1) is 0 Å². The third kappa shape index (κ3) is 4.20. The highest BCUT2D eigenvalue weighted by atomic mass is 19.3. The van der Waals surface area contributed by atoms with Gasteiger partial charge in [-0.25, -0.2) is 4.74 Å². The first-order valence-electron chi connectivity index (χ1n) is 2.22. The van der Waals surface area contributed by atoms with Crippen molar-refractivity contribution < 1.29 is 22.3 Å². The topological polar surface area (TPSA) is 9.23 Å². The SMILES string of the molecule is CCC(F)(F)O[C](F)F. The van der Waals surface area contributed by atoms with Crippen LogP contribution in [0, 0.1) is 6.61 Å². The largest absolute Gasteiger partial charge is 0.453 e. The molecule has 0 aliphatic rings. The van der Waals surface area contributed by atoms with E-state index in [1.807, 2.05) is 0 Å². The maximum Gasteiger partial charge on any atom is 0.453 e. The molecular weight excluding hydrogens is 140 g/mol. The van der Waals surface area contributed by atoms with Gasteiger partial charge in [0, 0.05) is 6.42 Å². The molecule has 5 heteroatoms. The maximum atomic E-state index is 11.7. The molecule has 0 aliphatic heterocycles. The number of alkyl halides is 2. The van der Waals surface area contributed by atoms with Crippen molar-refractivity contribution in [2.24, 2.45) is 0 Å². The second-order valence-electron chi connectivity index (χ2n) is 1.32. The fraction of sp³-hybridized carbons (Fsp3) is 0.750. The molecule has 0 spiro atoms. The Morgan fingerprint density at radius 3 is 2.00 bits per heavy atom. The first-order valence-corrected chi connectivity index (χ1v) is 2.22. The molecule has 0 unspecified atom stereocenters. The predicted octanol–water partition coefficient (Wildman–Crippen LogP) is 2.39. The van der Waals surface area contributed by atoms with Crippen LogP contribution in [0.1, 0.15) is 13.3 Å².